The van der Waals surface area contributed by atoms with E-state index in [9.17, 15) is 9.59 Å². The first-order valence-electron chi connectivity index (χ1n) is 7.70. The minimum Gasteiger partial charge on any atom is -0.339 e. The first-order valence-corrected chi connectivity index (χ1v) is 7.70. The van der Waals surface area contributed by atoms with E-state index in [1.165, 1.54) is 0 Å². The molecule has 7 heteroatoms. The largest absolute Gasteiger partial charge is 0.339 e. The van der Waals surface area contributed by atoms with Crippen LogP contribution in [-0.2, 0) is 4.79 Å². The zero-order valence-corrected chi connectivity index (χ0v) is 14.3. The smallest absolute Gasteiger partial charge is 0.321 e. The van der Waals surface area contributed by atoms with E-state index in [2.05, 4.69) is 5.32 Å². The van der Waals surface area contributed by atoms with Crippen LogP contribution >= 0.6 is 12.4 Å². The van der Waals surface area contributed by atoms with Gasteiger partial charge in [-0.15, -0.1) is 12.4 Å². The molecule has 1 fully saturated rings. The van der Waals surface area contributed by atoms with Crippen LogP contribution in [0.2, 0.25) is 0 Å². The van der Waals surface area contributed by atoms with E-state index in [1.54, 1.807) is 4.90 Å². The molecule has 0 bridgehead atoms. The molecule has 0 spiro atoms. The fourth-order valence-corrected chi connectivity index (χ4v) is 2.50. The van der Waals surface area contributed by atoms with Gasteiger partial charge in [0.05, 0.1) is 0 Å². The van der Waals surface area contributed by atoms with E-state index in [-0.39, 0.29) is 24.3 Å². The summed E-state index contributed by atoms with van der Waals surface area (Å²) < 4.78 is 0. The minimum absolute atomic E-state index is 0. The van der Waals surface area contributed by atoms with Gasteiger partial charge in [-0.25, -0.2) is 4.79 Å². The average molecular weight is 341 g/mol. The summed E-state index contributed by atoms with van der Waals surface area (Å²) in [7, 11) is 0. The van der Waals surface area contributed by atoms with Crippen molar-refractivity contribution in [2.75, 3.05) is 38.0 Å². The van der Waals surface area contributed by atoms with E-state index in [4.69, 9.17) is 5.73 Å². The summed E-state index contributed by atoms with van der Waals surface area (Å²) in [6, 6.07) is 7.60. The molecule has 1 heterocycles. The minimum atomic E-state index is -0.111. The fourth-order valence-electron chi connectivity index (χ4n) is 2.50. The molecule has 0 unspecified atom stereocenters. The molecule has 1 saturated heterocycles. The predicted octanol–water partition coefficient (Wildman–Crippen LogP) is 1.83. The van der Waals surface area contributed by atoms with Crippen LogP contribution in [0.5, 0.6) is 0 Å². The van der Waals surface area contributed by atoms with Gasteiger partial charge in [-0.2, -0.15) is 0 Å². The SMILES string of the molecule is Cc1cccc(NC(=O)N2CCN(C(=O)CCCN)CC2)c1.Cl. The van der Waals surface area contributed by atoms with Crippen LogP contribution in [0.15, 0.2) is 24.3 Å². The number of nitrogens with one attached hydrogen (secondary N) is 1. The van der Waals surface area contributed by atoms with Gasteiger partial charge in [0, 0.05) is 38.3 Å². The fraction of sp³-hybridized carbons (Fsp3) is 0.500. The van der Waals surface area contributed by atoms with Crippen LogP contribution in [0.4, 0.5) is 10.5 Å². The monoisotopic (exact) mass is 340 g/mol. The number of nitrogens with zero attached hydrogens (tertiary/aromatic N) is 2. The maximum atomic E-state index is 12.2. The van der Waals surface area contributed by atoms with Crippen molar-refractivity contribution >= 4 is 30.0 Å². The quantitative estimate of drug-likeness (QED) is 0.877. The zero-order chi connectivity index (χ0) is 15.9. The number of carbonyl (C=O) groups excluding carboxylic acids is 2. The van der Waals surface area contributed by atoms with Crippen molar-refractivity contribution in [3.05, 3.63) is 29.8 Å². The van der Waals surface area contributed by atoms with Crippen LogP contribution in [0.3, 0.4) is 0 Å². The Kier molecular flexibility index (Phi) is 7.85. The molecule has 2 rings (SSSR count). The molecule has 3 N–H and O–H groups in total. The van der Waals surface area contributed by atoms with Crippen LogP contribution < -0.4 is 11.1 Å². The summed E-state index contributed by atoms with van der Waals surface area (Å²) in [5.74, 6) is 0.129. The van der Waals surface area contributed by atoms with Gasteiger partial charge in [0.2, 0.25) is 5.91 Å². The summed E-state index contributed by atoms with van der Waals surface area (Å²) >= 11 is 0. The maximum Gasteiger partial charge on any atom is 0.321 e. The van der Waals surface area contributed by atoms with E-state index in [0.717, 1.165) is 11.3 Å². The third kappa shape index (κ3) is 5.73. The first-order chi connectivity index (χ1) is 10.6. The number of hydrogen-bond acceptors (Lipinski definition) is 3. The highest BCUT2D eigenvalue weighted by atomic mass is 35.5. The van der Waals surface area contributed by atoms with E-state index in [1.807, 2.05) is 36.1 Å². The second kappa shape index (κ2) is 9.37. The molecular weight excluding hydrogens is 316 g/mol. The maximum absolute atomic E-state index is 12.2. The van der Waals surface area contributed by atoms with Crippen LogP contribution in [0, 0.1) is 6.92 Å². The van der Waals surface area contributed by atoms with Crippen molar-refractivity contribution in [2.45, 2.75) is 19.8 Å². The van der Waals surface area contributed by atoms with Gasteiger partial charge in [0.25, 0.3) is 0 Å². The Morgan fingerprint density at radius 2 is 1.83 bits per heavy atom. The number of hydrogen-bond donors (Lipinski definition) is 2. The lowest BCUT2D eigenvalue weighted by molar-refractivity contribution is -0.132. The van der Waals surface area contributed by atoms with Gasteiger partial charge in [-0.1, -0.05) is 12.1 Å². The van der Waals surface area contributed by atoms with Crippen molar-refractivity contribution in [1.29, 1.82) is 0 Å². The highest BCUT2D eigenvalue weighted by Gasteiger charge is 2.23. The second-order valence-electron chi connectivity index (χ2n) is 5.56. The Balaban J connectivity index is 0.00000264. The number of amides is 3. The lowest BCUT2D eigenvalue weighted by Gasteiger charge is -2.34. The molecule has 23 heavy (non-hydrogen) atoms. The van der Waals surface area contributed by atoms with Gasteiger partial charge in [0.15, 0.2) is 0 Å². The normalized spacial score (nSPS) is 14.2. The van der Waals surface area contributed by atoms with Gasteiger partial charge in [0.1, 0.15) is 0 Å². The van der Waals surface area contributed by atoms with Crippen LogP contribution in [-0.4, -0.2) is 54.5 Å². The van der Waals surface area contributed by atoms with Gasteiger partial charge in [-0.3, -0.25) is 4.79 Å². The van der Waals surface area contributed by atoms with Crippen molar-refractivity contribution in [3.8, 4) is 0 Å². The third-order valence-corrected chi connectivity index (χ3v) is 3.78. The topological polar surface area (TPSA) is 78.7 Å². The van der Waals surface area contributed by atoms with Crippen LogP contribution in [0.1, 0.15) is 18.4 Å². The lowest BCUT2D eigenvalue weighted by atomic mass is 10.2. The average Bonchev–Trinajstić information content (AvgIpc) is 2.52. The molecule has 1 aliphatic heterocycles. The number of benzene rings is 1. The molecule has 1 aromatic carbocycles. The summed E-state index contributed by atoms with van der Waals surface area (Å²) in [5, 5.41) is 2.90. The molecule has 0 aromatic heterocycles. The van der Waals surface area contributed by atoms with Gasteiger partial charge < -0.3 is 20.9 Å². The summed E-state index contributed by atoms with van der Waals surface area (Å²) in [6.07, 6.45) is 1.21. The Morgan fingerprint density at radius 3 is 2.43 bits per heavy atom. The molecule has 0 aliphatic carbocycles. The van der Waals surface area contributed by atoms with Gasteiger partial charge >= 0.3 is 6.03 Å². The third-order valence-electron chi connectivity index (χ3n) is 3.78. The van der Waals surface area contributed by atoms with Crippen molar-refractivity contribution in [3.63, 3.8) is 0 Å². The van der Waals surface area contributed by atoms with Crippen molar-refractivity contribution in [2.24, 2.45) is 5.73 Å². The Morgan fingerprint density at radius 1 is 1.17 bits per heavy atom. The summed E-state index contributed by atoms with van der Waals surface area (Å²) in [5.41, 5.74) is 7.32. The first kappa shape index (κ1) is 19.3. The number of nitrogens with two attached hydrogens (primary N) is 1. The van der Waals surface area contributed by atoms with Gasteiger partial charge in [-0.05, 0) is 37.6 Å². The number of rotatable bonds is 4. The summed E-state index contributed by atoms with van der Waals surface area (Å²) in [6.45, 7) is 4.82. The zero-order valence-electron chi connectivity index (χ0n) is 13.5. The Bertz CT molecular complexity index is 531. The standard InChI is InChI=1S/C16H24N4O2.ClH/c1-13-4-2-5-14(12-13)18-16(22)20-10-8-19(9-11-20)15(21)6-3-7-17;/h2,4-5,12H,3,6-11,17H2,1H3,(H,18,22);1H. The lowest BCUT2D eigenvalue weighted by Crippen LogP contribution is -2.51. The summed E-state index contributed by atoms with van der Waals surface area (Å²) in [4.78, 5) is 27.7. The molecular formula is C16H25ClN4O2. The molecule has 1 aliphatic rings. The molecule has 0 atom stereocenters. The number of halogens is 1. The number of aryl methyl sites for hydroxylation is 1. The molecule has 3 amide bonds. The van der Waals surface area contributed by atoms with Crippen LogP contribution in [0.25, 0.3) is 0 Å². The number of carbonyl (C=O) groups is 2. The Hall–Kier alpha value is -1.79. The highest BCUT2D eigenvalue weighted by Crippen LogP contribution is 2.12. The molecule has 1 aromatic rings. The number of piperazine rings is 1. The van der Waals surface area contributed by atoms with Crippen molar-refractivity contribution < 1.29 is 9.59 Å². The number of anilines is 1. The molecule has 0 radical (unpaired) electrons. The predicted molar refractivity (Wildman–Crippen MR) is 93.9 cm³/mol. The number of urea groups is 1. The van der Waals surface area contributed by atoms with E-state index >= 15 is 0 Å². The van der Waals surface area contributed by atoms with E-state index in [0.29, 0.717) is 45.6 Å². The Labute approximate surface area is 143 Å². The van der Waals surface area contributed by atoms with E-state index < -0.39 is 0 Å². The highest BCUT2D eigenvalue weighted by molar-refractivity contribution is 5.89. The van der Waals surface area contributed by atoms with Crippen molar-refractivity contribution in [1.82, 2.24) is 9.80 Å². The second-order valence-corrected chi connectivity index (χ2v) is 5.56. The molecule has 6 nitrogen and oxygen atoms in total. The molecule has 0 saturated carbocycles. The molecule has 128 valence electrons.